The fraction of sp³-hybridized carbons (Fsp3) is 0.125. The third-order valence-electron chi connectivity index (χ3n) is 6.79. The molecule has 2 heterocycles. The first-order valence-corrected chi connectivity index (χ1v) is 12.0. The maximum atomic E-state index is 6.27. The predicted octanol–water partition coefficient (Wildman–Crippen LogP) is 7.01. The molecule has 0 spiro atoms. The van der Waals surface area contributed by atoms with Crippen LogP contribution in [0.5, 0.6) is 23.0 Å². The van der Waals surface area contributed by atoms with Crippen molar-refractivity contribution in [1.29, 1.82) is 0 Å². The summed E-state index contributed by atoms with van der Waals surface area (Å²) < 4.78 is 23.4. The Balaban J connectivity index is 1.67. The minimum atomic E-state index is 0.473. The summed E-state index contributed by atoms with van der Waals surface area (Å²) in [4.78, 5) is 0. The molecule has 4 heteroatoms. The summed E-state index contributed by atoms with van der Waals surface area (Å²) in [6.45, 7) is 0.947. The second kappa shape index (κ2) is 9.31. The Hall–Kier alpha value is -4.44. The van der Waals surface area contributed by atoms with Crippen LogP contribution in [0.1, 0.15) is 22.3 Å². The van der Waals surface area contributed by atoms with E-state index >= 15 is 0 Å². The zero-order chi connectivity index (χ0) is 24.5. The van der Waals surface area contributed by atoms with Gasteiger partial charge in [-0.15, -0.1) is 0 Å². The van der Waals surface area contributed by atoms with Crippen LogP contribution in [0.15, 0.2) is 97.1 Å². The molecule has 0 saturated carbocycles. The maximum Gasteiger partial charge on any atom is 0.127 e. The molecule has 178 valence electrons. The molecular weight excluding hydrogens is 448 g/mol. The minimum absolute atomic E-state index is 0.473. The third-order valence-corrected chi connectivity index (χ3v) is 6.79. The molecule has 0 amide bonds. The highest BCUT2D eigenvalue weighted by Crippen LogP contribution is 2.50. The van der Waals surface area contributed by atoms with Gasteiger partial charge in [0.05, 0.1) is 14.2 Å². The first-order chi connectivity index (χ1) is 17.8. The van der Waals surface area contributed by atoms with Crippen LogP contribution in [0.4, 0.5) is 0 Å². The number of para-hydroxylation sites is 2. The molecule has 6 rings (SSSR count). The molecule has 4 aromatic carbocycles. The summed E-state index contributed by atoms with van der Waals surface area (Å²) >= 11 is 0. The molecule has 2 aliphatic heterocycles. The van der Waals surface area contributed by atoms with E-state index in [1.807, 2.05) is 48.5 Å². The van der Waals surface area contributed by atoms with Gasteiger partial charge in [0.1, 0.15) is 36.2 Å². The topological polar surface area (TPSA) is 36.9 Å². The molecule has 2 aliphatic rings. The highest BCUT2D eigenvalue weighted by molar-refractivity contribution is 6.24. The molecule has 4 aromatic rings. The standard InChI is InChI=1S/C32H26O4/c1-33-23-15-11-21(12-16-23)27-19-35-29-9-5-3-7-25(29)31(27)32-26-8-4-6-10-30(26)36-20-28(32)22-13-17-24(34-2)18-14-22/h3-18H,19-20H2,1-2H3. The molecule has 36 heavy (non-hydrogen) atoms. The Morgan fingerprint density at radius 3 is 1.28 bits per heavy atom. The lowest BCUT2D eigenvalue weighted by Crippen LogP contribution is -2.16. The molecule has 0 saturated heterocycles. The van der Waals surface area contributed by atoms with Gasteiger partial charge in [-0.05, 0) is 47.5 Å². The minimum Gasteiger partial charge on any atom is -0.497 e. The highest BCUT2D eigenvalue weighted by atomic mass is 16.5. The van der Waals surface area contributed by atoms with Crippen LogP contribution in [0, 0.1) is 0 Å². The quantitative estimate of drug-likeness (QED) is 0.312. The van der Waals surface area contributed by atoms with Gasteiger partial charge >= 0.3 is 0 Å². The normalized spacial score (nSPS) is 14.4. The van der Waals surface area contributed by atoms with Gasteiger partial charge in [-0.1, -0.05) is 60.7 Å². The van der Waals surface area contributed by atoms with Crippen LogP contribution in [0.3, 0.4) is 0 Å². The van der Waals surface area contributed by atoms with Gasteiger partial charge in [-0.25, -0.2) is 0 Å². The van der Waals surface area contributed by atoms with Crippen LogP contribution in [-0.4, -0.2) is 27.4 Å². The van der Waals surface area contributed by atoms with Crippen LogP contribution < -0.4 is 18.9 Å². The van der Waals surface area contributed by atoms with Crippen molar-refractivity contribution in [2.45, 2.75) is 0 Å². The van der Waals surface area contributed by atoms with Crippen molar-refractivity contribution in [2.24, 2.45) is 0 Å². The summed E-state index contributed by atoms with van der Waals surface area (Å²) in [7, 11) is 3.37. The molecule has 0 aromatic heterocycles. The fourth-order valence-corrected chi connectivity index (χ4v) is 4.98. The summed E-state index contributed by atoms with van der Waals surface area (Å²) in [6.07, 6.45) is 0. The zero-order valence-corrected chi connectivity index (χ0v) is 20.3. The largest absolute Gasteiger partial charge is 0.497 e. The maximum absolute atomic E-state index is 6.27. The Morgan fingerprint density at radius 1 is 0.500 bits per heavy atom. The summed E-state index contributed by atoms with van der Waals surface area (Å²) in [5.74, 6) is 3.42. The Kier molecular flexibility index (Phi) is 5.70. The van der Waals surface area contributed by atoms with E-state index in [9.17, 15) is 0 Å². The molecule has 0 unspecified atom stereocenters. The smallest absolute Gasteiger partial charge is 0.127 e. The summed E-state index contributed by atoms with van der Waals surface area (Å²) in [5, 5.41) is 0. The van der Waals surface area contributed by atoms with Gasteiger partial charge in [-0.2, -0.15) is 0 Å². The number of benzene rings is 4. The number of fused-ring (bicyclic) bond motifs is 2. The van der Waals surface area contributed by atoms with Crippen molar-refractivity contribution in [3.63, 3.8) is 0 Å². The molecule has 4 nitrogen and oxygen atoms in total. The average molecular weight is 475 g/mol. The first-order valence-electron chi connectivity index (χ1n) is 12.0. The number of ether oxygens (including phenoxy) is 4. The van der Waals surface area contributed by atoms with Gasteiger partial charge in [-0.3, -0.25) is 0 Å². The van der Waals surface area contributed by atoms with Crippen molar-refractivity contribution in [1.82, 2.24) is 0 Å². The van der Waals surface area contributed by atoms with E-state index in [1.165, 1.54) is 11.1 Å². The lowest BCUT2D eigenvalue weighted by Gasteiger charge is -2.31. The van der Waals surface area contributed by atoms with Crippen molar-refractivity contribution < 1.29 is 18.9 Å². The van der Waals surface area contributed by atoms with Crippen molar-refractivity contribution >= 4 is 22.3 Å². The van der Waals surface area contributed by atoms with Crippen LogP contribution in [-0.2, 0) is 0 Å². The molecule has 0 N–H and O–H groups in total. The SMILES string of the molecule is COc1ccc(C2=C(C3=C(c4ccc(OC)cc4)COc4ccccc43)c3ccccc3OC2)cc1. The van der Waals surface area contributed by atoms with Crippen LogP contribution in [0.2, 0.25) is 0 Å². The monoisotopic (exact) mass is 474 g/mol. The van der Waals surface area contributed by atoms with E-state index in [-0.39, 0.29) is 0 Å². The molecular formula is C32H26O4. The molecule has 0 radical (unpaired) electrons. The lowest BCUT2D eigenvalue weighted by molar-refractivity contribution is 0.362. The van der Waals surface area contributed by atoms with Crippen molar-refractivity contribution in [2.75, 3.05) is 27.4 Å². The van der Waals surface area contributed by atoms with E-state index in [1.54, 1.807) is 14.2 Å². The van der Waals surface area contributed by atoms with Gasteiger partial charge in [0.15, 0.2) is 0 Å². The lowest BCUT2D eigenvalue weighted by atomic mass is 9.80. The van der Waals surface area contributed by atoms with E-state index in [0.29, 0.717) is 13.2 Å². The van der Waals surface area contributed by atoms with Crippen LogP contribution in [0.25, 0.3) is 22.3 Å². The fourth-order valence-electron chi connectivity index (χ4n) is 4.98. The zero-order valence-electron chi connectivity index (χ0n) is 20.3. The van der Waals surface area contributed by atoms with Gasteiger partial charge in [0.25, 0.3) is 0 Å². The molecule has 0 aliphatic carbocycles. The van der Waals surface area contributed by atoms with Gasteiger partial charge < -0.3 is 18.9 Å². The molecule has 0 fully saturated rings. The number of allylic oxidation sites excluding steroid dienone is 2. The van der Waals surface area contributed by atoms with Crippen LogP contribution >= 0.6 is 0 Å². The first kappa shape index (κ1) is 22.1. The number of hydrogen-bond donors (Lipinski definition) is 0. The highest BCUT2D eigenvalue weighted by Gasteiger charge is 2.31. The molecule has 0 bridgehead atoms. The van der Waals surface area contributed by atoms with Crippen molar-refractivity contribution in [3.8, 4) is 23.0 Å². The third kappa shape index (κ3) is 3.81. The van der Waals surface area contributed by atoms with E-state index < -0.39 is 0 Å². The average Bonchev–Trinajstić information content (AvgIpc) is 2.96. The number of rotatable bonds is 5. The number of hydrogen-bond acceptors (Lipinski definition) is 4. The predicted molar refractivity (Wildman–Crippen MR) is 143 cm³/mol. The molecule has 0 atom stereocenters. The van der Waals surface area contributed by atoms with Gasteiger partial charge in [0, 0.05) is 33.4 Å². The van der Waals surface area contributed by atoms with Crippen molar-refractivity contribution in [3.05, 3.63) is 119 Å². The summed E-state index contributed by atoms with van der Waals surface area (Å²) in [5.41, 5.74) is 8.96. The number of methoxy groups -OCH3 is 2. The second-order valence-corrected chi connectivity index (χ2v) is 8.73. The summed E-state index contributed by atoms with van der Waals surface area (Å²) in [6, 6.07) is 32.9. The van der Waals surface area contributed by atoms with E-state index in [2.05, 4.69) is 48.5 Å². The van der Waals surface area contributed by atoms with E-state index in [4.69, 9.17) is 18.9 Å². The Bertz CT molecular complexity index is 1360. The Morgan fingerprint density at radius 2 is 0.889 bits per heavy atom. The van der Waals surface area contributed by atoms with E-state index in [0.717, 1.165) is 56.4 Å². The Labute approximate surface area is 211 Å². The second-order valence-electron chi connectivity index (χ2n) is 8.73. The van der Waals surface area contributed by atoms with Gasteiger partial charge in [0.2, 0.25) is 0 Å².